The van der Waals surface area contributed by atoms with Crippen LogP contribution in [0.5, 0.6) is 0 Å². The molecule has 2 N–H and O–H groups in total. The molecular weight excluding hydrogens is 216 g/mol. The fourth-order valence-electron chi connectivity index (χ4n) is 2.47. The minimum atomic E-state index is 0.280. The maximum atomic E-state index is 5.95. The Morgan fingerprint density at radius 2 is 2.18 bits per heavy atom. The third-order valence-corrected chi connectivity index (χ3v) is 3.34. The third-order valence-electron chi connectivity index (χ3n) is 3.34. The van der Waals surface area contributed by atoms with Crippen LogP contribution in [-0.4, -0.2) is 47.5 Å². The van der Waals surface area contributed by atoms with E-state index >= 15 is 0 Å². The Morgan fingerprint density at radius 1 is 1.47 bits per heavy atom. The van der Waals surface area contributed by atoms with Crippen LogP contribution in [0, 0.1) is 0 Å². The fourth-order valence-corrected chi connectivity index (χ4v) is 2.47. The summed E-state index contributed by atoms with van der Waals surface area (Å²) in [6.07, 6.45) is 3.06. The molecule has 1 aromatic heterocycles. The molecule has 0 saturated carbocycles. The van der Waals surface area contributed by atoms with Gasteiger partial charge >= 0.3 is 0 Å². The average molecular weight is 238 g/mol. The molecule has 1 aromatic rings. The van der Waals surface area contributed by atoms with Crippen LogP contribution in [-0.2, 0) is 18.2 Å². The quantitative estimate of drug-likeness (QED) is 0.820. The van der Waals surface area contributed by atoms with Crippen molar-refractivity contribution >= 4 is 0 Å². The molecule has 0 bridgehead atoms. The number of hydrogen-bond donors (Lipinski definition) is 1. The molecule has 0 amide bonds. The van der Waals surface area contributed by atoms with Gasteiger partial charge in [0.2, 0.25) is 0 Å². The summed E-state index contributed by atoms with van der Waals surface area (Å²) in [6, 6.07) is 0.280. The summed E-state index contributed by atoms with van der Waals surface area (Å²) in [5, 5.41) is 4.50. The summed E-state index contributed by atoms with van der Waals surface area (Å²) < 4.78 is 7.27. The maximum Gasteiger partial charge on any atom is 0.0670 e. The Labute approximate surface area is 103 Å². The van der Waals surface area contributed by atoms with Crippen molar-refractivity contribution in [1.82, 2.24) is 14.7 Å². The summed E-state index contributed by atoms with van der Waals surface area (Å²) in [7, 11) is 1.97. The largest absolute Gasteiger partial charge is 0.379 e. The van der Waals surface area contributed by atoms with Gasteiger partial charge in [0.15, 0.2) is 0 Å². The zero-order chi connectivity index (χ0) is 12.3. The smallest absolute Gasteiger partial charge is 0.0670 e. The SMILES string of the molecule is CCc1nn(C)cc1C(CN)N1CCOCC1. The Kier molecular flexibility index (Phi) is 4.15. The van der Waals surface area contributed by atoms with Crippen molar-refractivity contribution in [3.63, 3.8) is 0 Å². The van der Waals surface area contributed by atoms with Crippen LogP contribution in [0.1, 0.15) is 24.2 Å². The lowest BCUT2D eigenvalue weighted by atomic mass is 10.0. The zero-order valence-electron chi connectivity index (χ0n) is 10.7. The minimum absolute atomic E-state index is 0.280. The number of hydrogen-bond acceptors (Lipinski definition) is 4. The van der Waals surface area contributed by atoms with Crippen LogP contribution in [0.25, 0.3) is 0 Å². The van der Waals surface area contributed by atoms with E-state index in [0.717, 1.165) is 38.4 Å². The monoisotopic (exact) mass is 238 g/mol. The van der Waals surface area contributed by atoms with Crippen LogP contribution in [0.15, 0.2) is 6.20 Å². The van der Waals surface area contributed by atoms with Gasteiger partial charge in [-0.3, -0.25) is 9.58 Å². The van der Waals surface area contributed by atoms with Gasteiger partial charge in [-0.15, -0.1) is 0 Å². The molecule has 2 heterocycles. The van der Waals surface area contributed by atoms with E-state index in [-0.39, 0.29) is 6.04 Å². The average Bonchev–Trinajstić information content (AvgIpc) is 2.73. The van der Waals surface area contributed by atoms with Gasteiger partial charge in [0.1, 0.15) is 0 Å². The van der Waals surface area contributed by atoms with Crippen LogP contribution >= 0.6 is 0 Å². The highest BCUT2D eigenvalue weighted by molar-refractivity contribution is 5.22. The van der Waals surface area contributed by atoms with Crippen LogP contribution < -0.4 is 5.73 Å². The zero-order valence-corrected chi connectivity index (χ0v) is 10.7. The van der Waals surface area contributed by atoms with Crippen molar-refractivity contribution in [1.29, 1.82) is 0 Å². The molecule has 1 aliphatic heterocycles. The second-order valence-corrected chi connectivity index (χ2v) is 4.46. The topological polar surface area (TPSA) is 56.3 Å². The molecule has 1 unspecified atom stereocenters. The molecule has 5 heteroatoms. The van der Waals surface area contributed by atoms with Crippen molar-refractivity contribution in [2.75, 3.05) is 32.8 Å². The van der Waals surface area contributed by atoms with Crippen molar-refractivity contribution in [2.45, 2.75) is 19.4 Å². The lowest BCUT2D eigenvalue weighted by Gasteiger charge is -2.33. The van der Waals surface area contributed by atoms with Crippen molar-refractivity contribution in [3.8, 4) is 0 Å². The Balaban J connectivity index is 2.20. The van der Waals surface area contributed by atoms with E-state index in [1.807, 2.05) is 11.7 Å². The summed E-state index contributed by atoms with van der Waals surface area (Å²) in [4.78, 5) is 2.40. The normalized spacial score (nSPS) is 19.5. The molecule has 17 heavy (non-hydrogen) atoms. The van der Waals surface area contributed by atoms with E-state index in [1.165, 1.54) is 5.56 Å². The number of aryl methyl sites for hydroxylation is 2. The van der Waals surface area contributed by atoms with Crippen LogP contribution in [0.4, 0.5) is 0 Å². The lowest BCUT2D eigenvalue weighted by Crippen LogP contribution is -2.42. The first-order valence-corrected chi connectivity index (χ1v) is 6.30. The van der Waals surface area contributed by atoms with Gasteiger partial charge in [-0.05, 0) is 6.42 Å². The van der Waals surface area contributed by atoms with E-state index in [1.54, 1.807) is 0 Å². The lowest BCUT2D eigenvalue weighted by molar-refractivity contribution is 0.0177. The molecule has 1 saturated heterocycles. The molecule has 1 fully saturated rings. The second kappa shape index (κ2) is 5.62. The Bertz CT molecular complexity index is 357. The molecule has 96 valence electrons. The first-order chi connectivity index (χ1) is 8.26. The first-order valence-electron chi connectivity index (χ1n) is 6.30. The molecular formula is C12H22N4O. The minimum Gasteiger partial charge on any atom is -0.379 e. The second-order valence-electron chi connectivity index (χ2n) is 4.46. The van der Waals surface area contributed by atoms with Crippen LogP contribution in [0.2, 0.25) is 0 Å². The van der Waals surface area contributed by atoms with Gasteiger partial charge in [0, 0.05) is 38.4 Å². The van der Waals surface area contributed by atoms with Crippen molar-refractivity contribution in [3.05, 3.63) is 17.5 Å². The van der Waals surface area contributed by atoms with Gasteiger partial charge in [0.05, 0.1) is 24.9 Å². The number of morpholine rings is 1. The highest BCUT2D eigenvalue weighted by Crippen LogP contribution is 2.23. The standard InChI is InChI=1S/C12H22N4O/c1-3-11-10(9-15(2)14-11)12(8-13)16-4-6-17-7-5-16/h9,12H,3-8,13H2,1-2H3. The van der Waals surface area contributed by atoms with Crippen molar-refractivity contribution in [2.24, 2.45) is 12.8 Å². The molecule has 5 nitrogen and oxygen atoms in total. The van der Waals surface area contributed by atoms with Gasteiger partial charge < -0.3 is 10.5 Å². The van der Waals surface area contributed by atoms with E-state index < -0.39 is 0 Å². The molecule has 1 aliphatic rings. The predicted octanol–water partition coefficient (Wildman–Crippen LogP) is 0.315. The summed E-state index contributed by atoms with van der Waals surface area (Å²) >= 11 is 0. The summed E-state index contributed by atoms with van der Waals surface area (Å²) in [6.45, 7) is 6.30. The van der Waals surface area contributed by atoms with E-state index in [0.29, 0.717) is 6.54 Å². The highest BCUT2D eigenvalue weighted by Gasteiger charge is 2.24. The van der Waals surface area contributed by atoms with E-state index in [4.69, 9.17) is 10.5 Å². The number of ether oxygens (including phenoxy) is 1. The first kappa shape index (κ1) is 12.5. The number of aromatic nitrogens is 2. The predicted molar refractivity (Wildman–Crippen MR) is 66.8 cm³/mol. The number of nitrogens with two attached hydrogens (primary N) is 1. The Morgan fingerprint density at radius 3 is 2.76 bits per heavy atom. The van der Waals surface area contributed by atoms with Gasteiger partial charge in [-0.2, -0.15) is 5.10 Å². The fraction of sp³-hybridized carbons (Fsp3) is 0.750. The summed E-state index contributed by atoms with van der Waals surface area (Å²) in [5.74, 6) is 0. The number of nitrogens with zero attached hydrogens (tertiary/aromatic N) is 3. The Hall–Kier alpha value is -0.910. The molecule has 0 radical (unpaired) electrons. The maximum absolute atomic E-state index is 5.95. The van der Waals surface area contributed by atoms with Crippen molar-refractivity contribution < 1.29 is 4.74 Å². The molecule has 0 aliphatic carbocycles. The highest BCUT2D eigenvalue weighted by atomic mass is 16.5. The van der Waals surface area contributed by atoms with Crippen LogP contribution in [0.3, 0.4) is 0 Å². The van der Waals surface area contributed by atoms with E-state index in [2.05, 4.69) is 23.1 Å². The number of rotatable bonds is 4. The molecule has 0 aromatic carbocycles. The van der Waals surface area contributed by atoms with Gasteiger partial charge in [-0.1, -0.05) is 6.92 Å². The summed E-state index contributed by atoms with van der Waals surface area (Å²) in [5.41, 5.74) is 8.39. The molecule has 1 atom stereocenters. The van der Waals surface area contributed by atoms with Gasteiger partial charge in [0.25, 0.3) is 0 Å². The molecule has 0 spiro atoms. The van der Waals surface area contributed by atoms with E-state index in [9.17, 15) is 0 Å². The van der Waals surface area contributed by atoms with Gasteiger partial charge in [-0.25, -0.2) is 0 Å². The third kappa shape index (κ3) is 2.68. The molecule has 2 rings (SSSR count).